The molecule has 2 aromatic carbocycles. The van der Waals surface area contributed by atoms with Crippen LogP contribution in [0, 0.1) is 14.9 Å². The summed E-state index contributed by atoms with van der Waals surface area (Å²) >= 11 is 3.98. The van der Waals surface area contributed by atoms with Crippen molar-refractivity contribution in [2.75, 3.05) is 5.32 Å². The fourth-order valence-electron chi connectivity index (χ4n) is 4.03. The molecule has 0 fully saturated rings. The lowest BCUT2D eigenvalue weighted by Crippen LogP contribution is -2.27. The van der Waals surface area contributed by atoms with Crippen LogP contribution in [-0.2, 0) is 12.8 Å². The first-order valence-electron chi connectivity index (χ1n) is 10.6. The predicted molar refractivity (Wildman–Crippen MR) is 140 cm³/mol. The predicted octanol–water partition coefficient (Wildman–Crippen LogP) is 7.51. The van der Waals surface area contributed by atoms with Crippen molar-refractivity contribution in [1.29, 1.82) is 0 Å². The average Bonchev–Trinajstić information content (AvgIpc) is 3.11. The molecule has 1 amide bonds. The normalized spacial score (nSPS) is 16.3. The van der Waals surface area contributed by atoms with E-state index >= 15 is 0 Å². The Morgan fingerprint density at radius 3 is 2.52 bits per heavy atom. The number of aliphatic imine (C=N–C) groups is 1. The van der Waals surface area contributed by atoms with Gasteiger partial charge in [0, 0.05) is 20.3 Å². The van der Waals surface area contributed by atoms with Crippen molar-refractivity contribution < 1.29 is 4.79 Å². The molecule has 3 nitrogen and oxygen atoms in total. The number of fused-ring (bicyclic) bond motifs is 1. The Morgan fingerprint density at radius 2 is 1.84 bits per heavy atom. The number of rotatable bonds is 4. The molecular weight excluding hydrogens is 515 g/mol. The molecule has 1 atom stereocenters. The Kier molecular flexibility index (Phi) is 6.63. The zero-order valence-electron chi connectivity index (χ0n) is 18.1. The van der Waals surface area contributed by atoms with E-state index < -0.39 is 0 Å². The van der Waals surface area contributed by atoms with E-state index in [-0.39, 0.29) is 11.3 Å². The Balaban J connectivity index is 1.69. The van der Waals surface area contributed by atoms with Crippen molar-refractivity contribution in [2.45, 2.75) is 40.0 Å². The van der Waals surface area contributed by atoms with E-state index in [4.69, 9.17) is 4.99 Å². The fraction of sp³-hybridized carbons (Fsp3) is 0.308. The summed E-state index contributed by atoms with van der Waals surface area (Å²) in [7, 11) is 0. The second-order valence-corrected chi connectivity index (χ2v) is 11.4. The van der Waals surface area contributed by atoms with Crippen molar-refractivity contribution >= 4 is 56.7 Å². The van der Waals surface area contributed by atoms with Crippen LogP contribution in [-0.4, -0.2) is 12.1 Å². The van der Waals surface area contributed by atoms with E-state index in [0.717, 1.165) is 41.1 Å². The van der Waals surface area contributed by atoms with E-state index in [0.29, 0.717) is 5.92 Å². The summed E-state index contributed by atoms with van der Waals surface area (Å²) in [5.41, 5.74) is 4.04. The second-order valence-electron chi connectivity index (χ2n) is 9.12. The summed E-state index contributed by atoms with van der Waals surface area (Å²) in [6.45, 7) is 6.94. The standard InChI is InChI=1S/C26H27IN2OS/c1-26(2,3)18-11-14-21-22(15-18)31-25(28-16-17-9-12-19(27)13-10-17)23(21)24(30)29-20-7-5-4-6-8-20/h4-10,12-13,16,18H,11,14-15H2,1-3H3,(H,29,30)/t18-/m0/s1. The van der Waals surface area contributed by atoms with Gasteiger partial charge in [-0.15, -0.1) is 11.3 Å². The van der Waals surface area contributed by atoms with Crippen molar-refractivity contribution in [3.05, 3.63) is 79.7 Å². The highest BCUT2D eigenvalue weighted by Crippen LogP contribution is 2.45. The molecule has 5 heteroatoms. The lowest BCUT2D eigenvalue weighted by atomic mass is 9.72. The third kappa shape index (κ3) is 5.26. The van der Waals surface area contributed by atoms with Gasteiger partial charge in [-0.3, -0.25) is 4.79 Å². The van der Waals surface area contributed by atoms with Crippen molar-refractivity contribution in [3.8, 4) is 0 Å². The van der Waals surface area contributed by atoms with Crippen LogP contribution in [0.15, 0.2) is 59.6 Å². The van der Waals surface area contributed by atoms with Crippen LogP contribution in [0.25, 0.3) is 0 Å². The van der Waals surface area contributed by atoms with Gasteiger partial charge >= 0.3 is 0 Å². The minimum atomic E-state index is -0.0623. The number of halogens is 1. The van der Waals surface area contributed by atoms with Gasteiger partial charge in [0.2, 0.25) is 0 Å². The van der Waals surface area contributed by atoms with Crippen LogP contribution in [0.5, 0.6) is 0 Å². The Morgan fingerprint density at radius 1 is 1.13 bits per heavy atom. The van der Waals surface area contributed by atoms with E-state index in [1.165, 1.54) is 14.0 Å². The van der Waals surface area contributed by atoms with Crippen LogP contribution in [0.1, 0.15) is 53.6 Å². The maximum absolute atomic E-state index is 13.3. The smallest absolute Gasteiger partial charge is 0.259 e. The zero-order chi connectivity index (χ0) is 22.0. The number of amides is 1. The topological polar surface area (TPSA) is 41.5 Å². The molecule has 0 radical (unpaired) electrons. The summed E-state index contributed by atoms with van der Waals surface area (Å²) in [6, 6.07) is 17.9. The third-order valence-electron chi connectivity index (χ3n) is 5.93. The monoisotopic (exact) mass is 542 g/mol. The Bertz CT molecular complexity index is 1090. The maximum atomic E-state index is 13.3. The molecule has 31 heavy (non-hydrogen) atoms. The number of hydrogen-bond donors (Lipinski definition) is 1. The maximum Gasteiger partial charge on any atom is 0.259 e. The highest BCUT2D eigenvalue weighted by Gasteiger charge is 2.33. The van der Waals surface area contributed by atoms with E-state index in [1.807, 2.05) is 36.5 Å². The molecule has 0 unspecified atom stereocenters. The summed E-state index contributed by atoms with van der Waals surface area (Å²) < 4.78 is 1.19. The number of carbonyl (C=O) groups excluding carboxylic acids is 1. The van der Waals surface area contributed by atoms with Crippen LogP contribution >= 0.6 is 33.9 Å². The number of anilines is 1. The molecule has 0 bridgehead atoms. The quantitative estimate of drug-likeness (QED) is 0.269. The second kappa shape index (κ2) is 9.25. The first kappa shape index (κ1) is 22.2. The summed E-state index contributed by atoms with van der Waals surface area (Å²) in [6.07, 6.45) is 4.94. The van der Waals surface area contributed by atoms with E-state index in [2.05, 4.69) is 72.9 Å². The van der Waals surface area contributed by atoms with Gasteiger partial charge in [0.25, 0.3) is 5.91 Å². The highest BCUT2D eigenvalue weighted by atomic mass is 127. The summed E-state index contributed by atoms with van der Waals surface area (Å²) in [5, 5.41) is 3.89. The molecule has 1 N–H and O–H groups in total. The van der Waals surface area contributed by atoms with Crippen LogP contribution in [0.2, 0.25) is 0 Å². The van der Waals surface area contributed by atoms with Gasteiger partial charge in [-0.25, -0.2) is 4.99 Å². The van der Waals surface area contributed by atoms with E-state index in [9.17, 15) is 4.79 Å². The zero-order valence-corrected chi connectivity index (χ0v) is 21.1. The van der Waals surface area contributed by atoms with Gasteiger partial charge in [0.15, 0.2) is 0 Å². The van der Waals surface area contributed by atoms with Crippen molar-refractivity contribution in [3.63, 3.8) is 0 Å². The third-order valence-corrected chi connectivity index (χ3v) is 7.81. The van der Waals surface area contributed by atoms with Crippen LogP contribution in [0.4, 0.5) is 10.7 Å². The highest BCUT2D eigenvalue weighted by molar-refractivity contribution is 14.1. The van der Waals surface area contributed by atoms with Gasteiger partial charge in [0.05, 0.1) is 5.56 Å². The number of nitrogens with zero attached hydrogens (tertiary/aromatic N) is 1. The largest absolute Gasteiger partial charge is 0.322 e. The molecule has 0 saturated carbocycles. The molecule has 1 aliphatic rings. The number of para-hydroxylation sites is 1. The SMILES string of the molecule is CC(C)(C)[C@H]1CCc2c(sc(N=Cc3ccc(I)cc3)c2C(=O)Nc2ccccc2)C1. The molecule has 0 aliphatic heterocycles. The molecule has 4 rings (SSSR count). The van der Waals surface area contributed by atoms with Gasteiger partial charge in [-0.2, -0.15) is 0 Å². The molecular formula is C26H27IN2OS. The van der Waals surface area contributed by atoms with Crippen molar-refractivity contribution in [1.82, 2.24) is 0 Å². The molecule has 0 saturated heterocycles. The summed E-state index contributed by atoms with van der Waals surface area (Å²) in [5.74, 6) is 0.560. The lowest BCUT2D eigenvalue weighted by Gasteiger charge is -2.33. The Labute approximate surface area is 202 Å². The van der Waals surface area contributed by atoms with Gasteiger partial charge in [0.1, 0.15) is 5.00 Å². The minimum Gasteiger partial charge on any atom is -0.322 e. The van der Waals surface area contributed by atoms with Gasteiger partial charge in [-0.1, -0.05) is 51.1 Å². The van der Waals surface area contributed by atoms with Gasteiger partial charge < -0.3 is 5.32 Å². The number of thiophene rings is 1. The first-order valence-corrected chi connectivity index (χ1v) is 12.5. The van der Waals surface area contributed by atoms with Crippen LogP contribution in [0.3, 0.4) is 0 Å². The molecule has 1 aromatic heterocycles. The molecule has 0 spiro atoms. The molecule has 1 heterocycles. The fourth-order valence-corrected chi connectivity index (χ4v) is 5.66. The number of hydrogen-bond acceptors (Lipinski definition) is 3. The Hall–Kier alpha value is -1.99. The van der Waals surface area contributed by atoms with Crippen molar-refractivity contribution in [2.24, 2.45) is 16.3 Å². The number of benzene rings is 2. The van der Waals surface area contributed by atoms with Gasteiger partial charge in [-0.05, 0) is 88.6 Å². The first-order chi connectivity index (χ1) is 14.8. The average molecular weight is 542 g/mol. The van der Waals surface area contributed by atoms with Crippen LogP contribution < -0.4 is 5.32 Å². The number of carbonyl (C=O) groups is 1. The van der Waals surface area contributed by atoms with E-state index in [1.54, 1.807) is 11.3 Å². The molecule has 1 aliphatic carbocycles. The molecule has 3 aromatic rings. The summed E-state index contributed by atoms with van der Waals surface area (Å²) in [4.78, 5) is 19.4. The molecule has 160 valence electrons. The minimum absolute atomic E-state index is 0.0623. The lowest BCUT2D eigenvalue weighted by molar-refractivity contribution is 0.102. The number of nitrogens with one attached hydrogen (secondary N) is 1.